The summed E-state index contributed by atoms with van der Waals surface area (Å²) in [6.45, 7) is 6.99. The van der Waals surface area contributed by atoms with E-state index in [-0.39, 0.29) is 18.2 Å². The summed E-state index contributed by atoms with van der Waals surface area (Å²) in [5.74, 6) is 1.93. The van der Waals surface area contributed by atoms with Gasteiger partial charge in [-0.1, -0.05) is 0 Å². The van der Waals surface area contributed by atoms with Gasteiger partial charge < -0.3 is 14.5 Å². The molecule has 3 nitrogen and oxygen atoms in total. The molecule has 0 spiro atoms. The molecule has 0 amide bonds. The Labute approximate surface area is 84.4 Å². The van der Waals surface area contributed by atoms with Crippen LogP contribution in [0.5, 0.6) is 0 Å². The summed E-state index contributed by atoms with van der Waals surface area (Å²) in [6, 6.07) is 4.20. The van der Waals surface area contributed by atoms with Crippen molar-refractivity contribution in [1.29, 1.82) is 0 Å². The number of nitrogens with one attached hydrogen (secondary N) is 1. The van der Waals surface area contributed by atoms with Crippen LogP contribution in [0.15, 0.2) is 16.5 Å². The third-order valence-electron chi connectivity index (χ3n) is 2.61. The van der Waals surface area contributed by atoms with Crippen molar-refractivity contribution >= 4 is 0 Å². The molecule has 2 rings (SSSR count). The van der Waals surface area contributed by atoms with E-state index in [0.717, 1.165) is 18.1 Å². The van der Waals surface area contributed by atoms with E-state index in [9.17, 15) is 0 Å². The molecule has 0 radical (unpaired) electrons. The average molecular weight is 195 g/mol. The summed E-state index contributed by atoms with van der Waals surface area (Å²) in [5.41, 5.74) is 0. The molecule has 2 heterocycles. The first kappa shape index (κ1) is 9.74. The van der Waals surface area contributed by atoms with Gasteiger partial charge in [-0.2, -0.15) is 0 Å². The Hall–Kier alpha value is -0.800. The SMILES string of the molecule is Cc1ccc([C@H]2NC[C@@H](C)O[C@@H]2C)o1. The highest BCUT2D eigenvalue weighted by Gasteiger charge is 2.28. The zero-order chi connectivity index (χ0) is 10.1. The van der Waals surface area contributed by atoms with E-state index in [2.05, 4.69) is 19.2 Å². The molecule has 0 aliphatic carbocycles. The van der Waals surface area contributed by atoms with E-state index in [1.54, 1.807) is 0 Å². The van der Waals surface area contributed by atoms with Gasteiger partial charge in [0.05, 0.1) is 18.2 Å². The molecule has 0 unspecified atom stereocenters. The lowest BCUT2D eigenvalue weighted by Gasteiger charge is -2.33. The van der Waals surface area contributed by atoms with Crippen LogP contribution in [0.3, 0.4) is 0 Å². The Morgan fingerprint density at radius 3 is 2.71 bits per heavy atom. The first-order valence-electron chi connectivity index (χ1n) is 5.12. The molecule has 0 saturated carbocycles. The summed E-state index contributed by atoms with van der Waals surface area (Å²) in [4.78, 5) is 0. The van der Waals surface area contributed by atoms with Gasteiger partial charge in [0.2, 0.25) is 0 Å². The number of hydrogen-bond acceptors (Lipinski definition) is 3. The fourth-order valence-corrected chi connectivity index (χ4v) is 1.90. The molecule has 14 heavy (non-hydrogen) atoms. The largest absolute Gasteiger partial charge is 0.465 e. The predicted octanol–water partition coefficient (Wildman–Crippen LogP) is 2.03. The van der Waals surface area contributed by atoms with Crippen molar-refractivity contribution in [3.05, 3.63) is 23.7 Å². The number of morpholine rings is 1. The lowest BCUT2D eigenvalue weighted by molar-refractivity contribution is -0.0490. The Bertz CT molecular complexity index is 308. The van der Waals surface area contributed by atoms with E-state index in [1.165, 1.54) is 0 Å². The molecule has 3 heteroatoms. The molecule has 1 aromatic rings. The van der Waals surface area contributed by atoms with Gasteiger partial charge in [0.15, 0.2) is 0 Å². The molecule has 78 valence electrons. The van der Waals surface area contributed by atoms with Crippen molar-refractivity contribution in [2.45, 2.75) is 39.0 Å². The first-order valence-corrected chi connectivity index (χ1v) is 5.12. The maximum atomic E-state index is 5.74. The molecule has 1 saturated heterocycles. The Kier molecular flexibility index (Phi) is 2.61. The maximum absolute atomic E-state index is 5.74. The van der Waals surface area contributed by atoms with Crippen LogP contribution in [-0.4, -0.2) is 18.8 Å². The summed E-state index contributed by atoms with van der Waals surface area (Å²) in [6.07, 6.45) is 0.460. The van der Waals surface area contributed by atoms with Crippen molar-refractivity contribution in [2.24, 2.45) is 0 Å². The average Bonchev–Trinajstić information content (AvgIpc) is 2.51. The molecule has 1 N–H and O–H groups in total. The molecular weight excluding hydrogens is 178 g/mol. The van der Waals surface area contributed by atoms with Gasteiger partial charge in [-0.25, -0.2) is 0 Å². The zero-order valence-corrected chi connectivity index (χ0v) is 8.91. The molecule has 0 bridgehead atoms. The Morgan fingerprint density at radius 2 is 2.14 bits per heavy atom. The molecule has 1 fully saturated rings. The lowest BCUT2D eigenvalue weighted by Crippen LogP contribution is -2.44. The van der Waals surface area contributed by atoms with E-state index in [0.29, 0.717) is 0 Å². The van der Waals surface area contributed by atoms with Crippen LogP contribution in [0.4, 0.5) is 0 Å². The standard InChI is InChI=1S/C11H17NO2/c1-7-4-5-10(14-7)11-9(3)13-8(2)6-12-11/h4-5,8-9,11-12H,6H2,1-3H3/t8-,9-,11+/m1/s1. The minimum absolute atomic E-state index is 0.171. The van der Waals surface area contributed by atoms with Gasteiger partial charge in [-0.15, -0.1) is 0 Å². The van der Waals surface area contributed by atoms with Crippen LogP contribution in [-0.2, 0) is 4.74 Å². The number of hydrogen-bond donors (Lipinski definition) is 1. The van der Waals surface area contributed by atoms with Crippen LogP contribution in [0.2, 0.25) is 0 Å². The Balaban J connectivity index is 2.11. The van der Waals surface area contributed by atoms with E-state index in [4.69, 9.17) is 9.15 Å². The third kappa shape index (κ3) is 1.83. The van der Waals surface area contributed by atoms with Crippen molar-refractivity contribution in [3.63, 3.8) is 0 Å². The van der Waals surface area contributed by atoms with Gasteiger partial charge in [0.25, 0.3) is 0 Å². The van der Waals surface area contributed by atoms with Crippen LogP contribution in [0.1, 0.15) is 31.4 Å². The molecule has 1 aliphatic rings. The molecule has 0 aromatic carbocycles. The van der Waals surface area contributed by atoms with Gasteiger partial charge in [-0.05, 0) is 32.9 Å². The van der Waals surface area contributed by atoms with E-state index >= 15 is 0 Å². The normalized spacial score (nSPS) is 33.2. The van der Waals surface area contributed by atoms with Crippen molar-refractivity contribution in [2.75, 3.05) is 6.54 Å². The van der Waals surface area contributed by atoms with Gasteiger partial charge in [0, 0.05) is 6.54 Å². The van der Waals surface area contributed by atoms with E-state index in [1.807, 2.05) is 19.1 Å². The van der Waals surface area contributed by atoms with Crippen molar-refractivity contribution < 1.29 is 9.15 Å². The highest BCUT2D eigenvalue weighted by atomic mass is 16.5. The van der Waals surface area contributed by atoms with Gasteiger partial charge in [-0.3, -0.25) is 0 Å². The number of aryl methyl sites for hydroxylation is 1. The minimum Gasteiger partial charge on any atom is -0.465 e. The highest BCUT2D eigenvalue weighted by Crippen LogP contribution is 2.25. The number of ether oxygens (including phenoxy) is 1. The summed E-state index contributed by atoms with van der Waals surface area (Å²) in [5, 5.41) is 3.43. The Morgan fingerprint density at radius 1 is 1.36 bits per heavy atom. The summed E-state index contributed by atoms with van der Waals surface area (Å²) in [7, 11) is 0. The quantitative estimate of drug-likeness (QED) is 0.744. The topological polar surface area (TPSA) is 34.4 Å². The van der Waals surface area contributed by atoms with Crippen LogP contribution in [0.25, 0.3) is 0 Å². The van der Waals surface area contributed by atoms with Gasteiger partial charge >= 0.3 is 0 Å². The highest BCUT2D eigenvalue weighted by molar-refractivity contribution is 5.11. The smallest absolute Gasteiger partial charge is 0.123 e. The fraction of sp³-hybridized carbons (Fsp3) is 0.636. The number of furan rings is 1. The second-order valence-corrected chi connectivity index (χ2v) is 3.99. The maximum Gasteiger partial charge on any atom is 0.123 e. The van der Waals surface area contributed by atoms with E-state index < -0.39 is 0 Å². The third-order valence-corrected chi connectivity index (χ3v) is 2.61. The number of rotatable bonds is 1. The van der Waals surface area contributed by atoms with Crippen LogP contribution >= 0.6 is 0 Å². The van der Waals surface area contributed by atoms with Crippen molar-refractivity contribution in [3.8, 4) is 0 Å². The van der Waals surface area contributed by atoms with Crippen molar-refractivity contribution in [1.82, 2.24) is 5.32 Å². The minimum atomic E-state index is 0.171. The monoisotopic (exact) mass is 195 g/mol. The zero-order valence-electron chi connectivity index (χ0n) is 8.91. The molecule has 1 aliphatic heterocycles. The van der Waals surface area contributed by atoms with Crippen LogP contribution < -0.4 is 5.32 Å². The molecular formula is C11H17NO2. The molecule has 3 atom stereocenters. The second-order valence-electron chi connectivity index (χ2n) is 3.99. The lowest BCUT2D eigenvalue weighted by atomic mass is 10.1. The fourth-order valence-electron chi connectivity index (χ4n) is 1.90. The summed E-state index contributed by atoms with van der Waals surface area (Å²) >= 11 is 0. The van der Waals surface area contributed by atoms with Gasteiger partial charge in [0.1, 0.15) is 11.5 Å². The van der Waals surface area contributed by atoms with Crippen LogP contribution in [0, 0.1) is 6.92 Å². The molecule has 1 aromatic heterocycles. The second kappa shape index (κ2) is 3.75. The first-order chi connectivity index (χ1) is 6.66. The summed E-state index contributed by atoms with van der Waals surface area (Å²) < 4.78 is 11.3. The predicted molar refractivity (Wildman–Crippen MR) is 54.2 cm³/mol.